The van der Waals surface area contributed by atoms with Crippen molar-refractivity contribution in [1.82, 2.24) is 35.0 Å². The Morgan fingerprint density at radius 3 is 2.76 bits per heavy atom. The maximum Gasteiger partial charge on any atom is 0.319 e. The Morgan fingerprint density at radius 2 is 2.00 bits per heavy atom. The van der Waals surface area contributed by atoms with Gasteiger partial charge in [0, 0.05) is 25.2 Å². The Kier molecular flexibility index (Phi) is 5.52. The van der Waals surface area contributed by atoms with Crippen LogP contribution in [0.2, 0.25) is 5.15 Å². The number of anilines is 1. The molecular formula is C23H28ClFN8O. The minimum atomic E-state index is -0.646. The van der Waals surface area contributed by atoms with E-state index < -0.39 is 5.82 Å². The fourth-order valence-electron chi connectivity index (χ4n) is 5.89. The van der Waals surface area contributed by atoms with Crippen LogP contribution < -0.4 is 9.64 Å². The fraction of sp³-hybridized carbons (Fsp3) is 0.609. The van der Waals surface area contributed by atoms with E-state index in [1.165, 1.54) is 12.8 Å². The number of halogens is 2. The van der Waals surface area contributed by atoms with Crippen molar-refractivity contribution in [3.8, 4) is 6.01 Å². The molecule has 3 aliphatic rings. The summed E-state index contributed by atoms with van der Waals surface area (Å²) in [5.41, 5.74) is 0.190. The Morgan fingerprint density at radius 1 is 1.18 bits per heavy atom. The van der Waals surface area contributed by atoms with Gasteiger partial charge < -0.3 is 9.64 Å². The zero-order valence-corrected chi connectivity index (χ0v) is 20.0. The number of piperidine rings is 1. The van der Waals surface area contributed by atoms with Gasteiger partial charge in [-0.15, -0.1) is 0 Å². The second kappa shape index (κ2) is 8.57. The normalized spacial score (nSPS) is 22.4. The summed E-state index contributed by atoms with van der Waals surface area (Å²) >= 11 is 6.01. The van der Waals surface area contributed by atoms with E-state index in [1.54, 1.807) is 6.20 Å². The molecule has 3 fully saturated rings. The number of nitrogens with one attached hydrogen (secondary N) is 1. The third kappa shape index (κ3) is 3.76. The van der Waals surface area contributed by atoms with Gasteiger partial charge in [0.15, 0.2) is 16.8 Å². The monoisotopic (exact) mass is 486 g/mol. The summed E-state index contributed by atoms with van der Waals surface area (Å²) in [5, 5.41) is 7.62. The van der Waals surface area contributed by atoms with Crippen LogP contribution in [0.4, 0.5) is 10.2 Å². The van der Waals surface area contributed by atoms with E-state index in [-0.39, 0.29) is 28.1 Å². The minimum absolute atomic E-state index is 0.0482. The third-order valence-electron chi connectivity index (χ3n) is 7.58. The summed E-state index contributed by atoms with van der Waals surface area (Å²) in [6.45, 7) is 6.08. The summed E-state index contributed by atoms with van der Waals surface area (Å²) < 4.78 is 21.2. The largest absolute Gasteiger partial charge is 0.461 e. The van der Waals surface area contributed by atoms with Crippen molar-refractivity contribution in [3.63, 3.8) is 0 Å². The van der Waals surface area contributed by atoms with Crippen LogP contribution in [0.15, 0.2) is 6.20 Å². The number of nitrogens with zero attached hydrogens (tertiary/aromatic N) is 7. The number of fused-ring (bicyclic) bond motifs is 2. The highest BCUT2D eigenvalue weighted by atomic mass is 35.5. The second-order valence-corrected chi connectivity index (χ2v) is 10.1. The fourth-order valence-corrected chi connectivity index (χ4v) is 6.03. The van der Waals surface area contributed by atoms with Gasteiger partial charge in [-0.2, -0.15) is 15.1 Å². The molecule has 3 aromatic heterocycles. The van der Waals surface area contributed by atoms with Crippen molar-refractivity contribution in [2.45, 2.75) is 56.9 Å². The Labute approximate surface area is 202 Å². The summed E-state index contributed by atoms with van der Waals surface area (Å²) in [5.74, 6) is 1.72. The first kappa shape index (κ1) is 21.9. The zero-order chi connectivity index (χ0) is 23.3. The molecule has 11 heteroatoms. The van der Waals surface area contributed by atoms with Gasteiger partial charge in [-0.3, -0.25) is 10.00 Å². The molecule has 3 saturated heterocycles. The number of ether oxygens (including phenoxy) is 1. The van der Waals surface area contributed by atoms with Crippen molar-refractivity contribution in [3.05, 3.63) is 28.8 Å². The van der Waals surface area contributed by atoms with Crippen LogP contribution >= 0.6 is 11.6 Å². The molecule has 1 N–H and O–H groups in total. The number of rotatable bonds is 5. The van der Waals surface area contributed by atoms with E-state index >= 15 is 4.39 Å². The van der Waals surface area contributed by atoms with Gasteiger partial charge in [-0.05, 0) is 58.5 Å². The topological polar surface area (TPSA) is 96.0 Å². The number of aromatic nitrogens is 6. The predicted molar refractivity (Wildman–Crippen MR) is 126 cm³/mol. The SMILES string of the molecule is Cc1nc(C2CCCN(c3nc(OCC45CCCN4CCC5)nc4c(F)c(Cl)ncc34)C2)n[nH]1. The van der Waals surface area contributed by atoms with Crippen LogP contribution in [0, 0.1) is 12.7 Å². The average molecular weight is 487 g/mol. The number of aromatic amines is 1. The number of hydrogen-bond donors (Lipinski definition) is 1. The summed E-state index contributed by atoms with van der Waals surface area (Å²) in [6, 6.07) is 0.188. The van der Waals surface area contributed by atoms with Gasteiger partial charge in [0.2, 0.25) is 0 Å². The highest BCUT2D eigenvalue weighted by molar-refractivity contribution is 6.30. The smallest absolute Gasteiger partial charge is 0.319 e. The van der Waals surface area contributed by atoms with Gasteiger partial charge in [0.1, 0.15) is 23.8 Å². The van der Waals surface area contributed by atoms with Crippen LogP contribution in [0.5, 0.6) is 6.01 Å². The standard InChI is InChI=1S/C23H28ClFN8O/c1-14-27-20(31-30-14)15-5-2-8-32(12-15)21-16-11-26-19(24)17(25)18(16)28-22(29-21)34-13-23-6-3-9-33(23)10-4-7-23/h11,15H,2-10,12-13H2,1H3,(H,27,30,31). The number of H-pyrrole nitrogens is 1. The molecule has 34 heavy (non-hydrogen) atoms. The molecule has 6 rings (SSSR count). The summed E-state index contributed by atoms with van der Waals surface area (Å²) in [7, 11) is 0. The summed E-state index contributed by atoms with van der Waals surface area (Å²) in [6.07, 6.45) is 8.06. The van der Waals surface area contributed by atoms with Gasteiger partial charge in [-0.25, -0.2) is 14.4 Å². The maximum atomic E-state index is 15.0. The van der Waals surface area contributed by atoms with Gasteiger partial charge in [0.25, 0.3) is 0 Å². The number of pyridine rings is 1. The van der Waals surface area contributed by atoms with Crippen LogP contribution in [0.3, 0.4) is 0 Å². The third-order valence-corrected chi connectivity index (χ3v) is 7.85. The second-order valence-electron chi connectivity index (χ2n) is 9.73. The lowest BCUT2D eigenvalue weighted by Gasteiger charge is -2.33. The van der Waals surface area contributed by atoms with Crippen molar-refractivity contribution in [2.24, 2.45) is 0 Å². The van der Waals surface area contributed by atoms with Gasteiger partial charge in [-0.1, -0.05) is 11.6 Å². The van der Waals surface area contributed by atoms with Crippen LogP contribution in [-0.4, -0.2) is 73.4 Å². The molecule has 1 unspecified atom stereocenters. The van der Waals surface area contributed by atoms with E-state index in [2.05, 4.69) is 34.9 Å². The first-order chi connectivity index (χ1) is 16.5. The van der Waals surface area contributed by atoms with Crippen molar-refractivity contribution >= 4 is 28.3 Å². The average Bonchev–Trinajstić information content (AvgIpc) is 3.56. The Balaban J connectivity index is 1.34. The molecule has 9 nitrogen and oxygen atoms in total. The molecular weight excluding hydrogens is 459 g/mol. The maximum absolute atomic E-state index is 15.0. The van der Waals surface area contributed by atoms with Crippen molar-refractivity contribution < 1.29 is 9.13 Å². The summed E-state index contributed by atoms with van der Waals surface area (Å²) in [4.78, 5) is 22.4. The molecule has 0 spiro atoms. The van der Waals surface area contributed by atoms with Gasteiger partial charge >= 0.3 is 6.01 Å². The van der Waals surface area contributed by atoms with Crippen molar-refractivity contribution in [1.29, 1.82) is 0 Å². The van der Waals surface area contributed by atoms with Crippen LogP contribution in [0.1, 0.15) is 56.1 Å². The van der Waals surface area contributed by atoms with Crippen LogP contribution in [-0.2, 0) is 0 Å². The Bertz CT molecular complexity index is 1210. The lowest BCUT2D eigenvalue weighted by molar-refractivity contribution is 0.108. The first-order valence-corrected chi connectivity index (χ1v) is 12.4. The van der Waals surface area contributed by atoms with Crippen molar-refractivity contribution in [2.75, 3.05) is 37.7 Å². The first-order valence-electron chi connectivity index (χ1n) is 12.1. The Hall–Kier alpha value is -2.59. The molecule has 0 bridgehead atoms. The van der Waals surface area contributed by atoms with Gasteiger partial charge in [0.05, 0.1) is 10.9 Å². The molecule has 180 valence electrons. The lowest BCUT2D eigenvalue weighted by Crippen LogP contribution is -2.43. The molecule has 6 heterocycles. The van der Waals surface area contributed by atoms with E-state index in [1.807, 2.05) is 6.92 Å². The molecule has 3 aliphatic heterocycles. The molecule has 0 saturated carbocycles. The van der Waals surface area contributed by atoms with E-state index in [9.17, 15) is 0 Å². The quantitative estimate of drug-likeness (QED) is 0.546. The van der Waals surface area contributed by atoms with E-state index in [0.29, 0.717) is 24.4 Å². The molecule has 3 aromatic rings. The van der Waals surface area contributed by atoms with E-state index in [4.69, 9.17) is 21.3 Å². The highest BCUT2D eigenvalue weighted by Crippen LogP contribution is 2.39. The highest BCUT2D eigenvalue weighted by Gasteiger charge is 2.45. The number of hydrogen-bond acceptors (Lipinski definition) is 8. The molecule has 0 radical (unpaired) electrons. The molecule has 0 aliphatic carbocycles. The molecule has 0 amide bonds. The zero-order valence-electron chi connectivity index (χ0n) is 19.2. The molecule has 1 atom stereocenters. The predicted octanol–water partition coefficient (Wildman–Crippen LogP) is 3.64. The minimum Gasteiger partial charge on any atom is -0.461 e. The molecule has 0 aromatic carbocycles. The van der Waals surface area contributed by atoms with E-state index in [0.717, 1.165) is 57.0 Å². The van der Waals surface area contributed by atoms with Crippen LogP contribution in [0.25, 0.3) is 10.9 Å². The lowest BCUT2D eigenvalue weighted by atomic mass is 9.95. The number of aryl methyl sites for hydroxylation is 1.